The lowest BCUT2D eigenvalue weighted by atomic mass is 9.89. The molecule has 0 saturated carbocycles. The van der Waals surface area contributed by atoms with Gasteiger partial charge in [-0.15, -0.1) is 0 Å². The molecule has 0 radical (unpaired) electrons. The molecule has 0 unspecified atom stereocenters. The molecule has 3 N–H and O–H groups in total. The molecule has 0 spiro atoms. The average Bonchev–Trinajstić information content (AvgIpc) is 2.15. The molecule has 0 bridgehead atoms. The van der Waals surface area contributed by atoms with E-state index in [1.807, 2.05) is 0 Å². The van der Waals surface area contributed by atoms with Crippen LogP contribution in [0.2, 0.25) is 0 Å². The maximum Gasteiger partial charge on any atom is 0.303 e. The van der Waals surface area contributed by atoms with Crippen LogP contribution in [-0.2, 0) is 4.79 Å². The molecule has 0 aliphatic carbocycles. The van der Waals surface area contributed by atoms with E-state index in [-0.39, 0.29) is 12.3 Å². The van der Waals surface area contributed by atoms with Crippen molar-refractivity contribution >= 4 is 5.97 Å². The van der Waals surface area contributed by atoms with Crippen molar-refractivity contribution in [3.63, 3.8) is 0 Å². The van der Waals surface area contributed by atoms with Gasteiger partial charge in [-0.3, -0.25) is 4.79 Å². The summed E-state index contributed by atoms with van der Waals surface area (Å²) in [5.74, 6) is 0.763. The minimum Gasteiger partial charge on any atom is -0.481 e. The third-order valence-corrected chi connectivity index (χ3v) is 3.01. The molecule has 0 aromatic heterocycles. The van der Waals surface area contributed by atoms with Crippen molar-refractivity contribution in [3.05, 3.63) is 0 Å². The summed E-state index contributed by atoms with van der Waals surface area (Å²) in [6.07, 6.45) is 4.85. The number of carboxylic acid groups (broad SMARTS) is 1. The smallest absolute Gasteiger partial charge is 0.303 e. The number of hydrogen-bond acceptors (Lipinski definition) is 2. The highest BCUT2D eigenvalue weighted by Gasteiger charge is 2.15. The maximum absolute atomic E-state index is 10.6. The van der Waals surface area contributed by atoms with Crippen molar-refractivity contribution in [2.45, 2.75) is 52.9 Å². The van der Waals surface area contributed by atoms with Crippen LogP contribution in [-0.4, -0.2) is 17.6 Å². The first kappa shape index (κ1) is 15.4. The van der Waals surface area contributed by atoms with E-state index in [1.165, 1.54) is 19.3 Å². The van der Waals surface area contributed by atoms with Crippen molar-refractivity contribution < 1.29 is 9.90 Å². The molecule has 0 fully saturated rings. The van der Waals surface area contributed by atoms with Gasteiger partial charge in [0, 0.05) is 6.42 Å². The highest BCUT2D eigenvalue weighted by molar-refractivity contribution is 5.67. The fourth-order valence-corrected chi connectivity index (χ4v) is 2.07. The average molecular weight is 229 g/mol. The summed E-state index contributed by atoms with van der Waals surface area (Å²) in [6.45, 7) is 7.15. The second-order valence-corrected chi connectivity index (χ2v) is 5.37. The lowest BCUT2D eigenvalue weighted by Crippen LogP contribution is -2.20. The zero-order chi connectivity index (χ0) is 12.6. The predicted octanol–water partition coefficient (Wildman–Crippen LogP) is 2.89. The Morgan fingerprint density at radius 1 is 1.25 bits per heavy atom. The van der Waals surface area contributed by atoms with Gasteiger partial charge in [0.25, 0.3) is 0 Å². The summed E-state index contributed by atoms with van der Waals surface area (Å²) in [5.41, 5.74) is 5.58. The van der Waals surface area contributed by atoms with Crippen LogP contribution in [0.15, 0.2) is 0 Å². The van der Waals surface area contributed by atoms with Crippen LogP contribution < -0.4 is 5.73 Å². The lowest BCUT2D eigenvalue weighted by molar-refractivity contribution is -0.138. The highest BCUT2D eigenvalue weighted by Crippen LogP contribution is 2.20. The zero-order valence-corrected chi connectivity index (χ0v) is 10.9. The molecule has 0 amide bonds. The van der Waals surface area contributed by atoms with Crippen LogP contribution in [0, 0.1) is 17.8 Å². The van der Waals surface area contributed by atoms with Gasteiger partial charge in [0.15, 0.2) is 0 Å². The Balaban J connectivity index is 3.73. The minimum absolute atomic E-state index is 0.145. The summed E-state index contributed by atoms with van der Waals surface area (Å²) in [4.78, 5) is 10.6. The fourth-order valence-electron chi connectivity index (χ4n) is 2.07. The van der Waals surface area contributed by atoms with Gasteiger partial charge < -0.3 is 10.8 Å². The SMILES string of the molecule is CC(C)CCC[C@@H](C)C[C@@H](CN)CC(=O)O. The van der Waals surface area contributed by atoms with Crippen LogP contribution >= 0.6 is 0 Å². The van der Waals surface area contributed by atoms with Crippen LogP contribution in [0.3, 0.4) is 0 Å². The van der Waals surface area contributed by atoms with Gasteiger partial charge in [0.05, 0.1) is 0 Å². The monoisotopic (exact) mass is 229 g/mol. The Hall–Kier alpha value is -0.570. The third-order valence-electron chi connectivity index (χ3n) is 3.01. The Morgan fingerprint density at radius 3 is 2.31 bits per heavy atom. The summed E-state index contributed by atoms with van der Waals surface area (Å²) in [6, 6.07) is 0. The first-order valence-electron chi connectivity index (χ1n) is 6.37. The summed E-state index contributed by atoms with van der Waals surface area (Å²) >= 11 is 0. The van der Waals surface area contributed by atoms with E-state index in [4.69, 9.17) is 10.8 Å². The van der Waals surface area contributed by atoms with Crippen molar-refractivity contribution in [2.75, 3.05) is 6.54 Å². The number of nitrogens with two attached hydrogens (primary N) is 1. The molecule has 0 aromatic carbocycles. The molecular weight excluding hydrogens is 202 g/mol. The molecule has 0 aromatic rings. The van der Waals surface area contributed by atoms with Gasteiger partial charge >= 0.3 is 5.97 Å². The van der Waals surface area contributed by atoms with Crippen molar-refractivity contribution in [3.8, 4) is 0 Å². The number of rotatable bonds is 9. The molecule has 3 heteroatoms. The number of carboxylic acids is 1. The molecule has 3 nitrogen and oxygen atoms in total. The molecule has 0 aliphatic heterocycles. The van der Waals surface area contributed by atoms with E-state index >= 15 is 0 Å². The lowest BCUT2D eigenvalue weighted by Gasteiger charge is -2.18. The van der Waals surface area contributed by atoms with Gasteiger partial charge in [0.1, 0.15) is 0 Å². The summed E-state index contributed by atoms with van der Waals surface area (Å²) < 4.78 is 0. The topological polar surface area (TPSA) is 63.3 Å². The maximum atomic E-state index is 10.6. The Bertz CT molecular complexity index is 192. The largest absolute Gasteiger partial charge is 0.481 e. The van der Waals surface area contributed by atoms with Crippen LogP contribution in [0.5, 0.6) is 0 Å². The van der Waals surface area contributed by atoms with Gasteiger partial charge in [-0.1, -0.05) is 40.0 Å². The number of hydrogen-bond donors (Lipinski definition) is 2. The van der Waals surface area contributed by atoms with E-state index in [9.17, 15) is 4.79 Å². The van der Waals surface area contributed by atoms with Crippen LogP contribution in [0.25, 0.3) is 0 Å². The van der Waals surface area contributed by atoms with Gasteiger partial charge in [-0.05, 0) is 30.7 Å². The standard InChI is InChI=1S/C13H27NO2/c1-10(2)5-4-6-11(3)7-12(9-14)8-13(15)16/h10-12H,4-9,14H2,1-3H3,(H,15,16)/t11-,12-/m1/s1. The van der Waals surface area contributed by atoms with Crippen molar-refractivity contribution in [1.29, 1.82) is 0 Å². The molecule has 2 atom stereocenters. The van der Waals surface area contributed by atoms with E-state index in [1.54, 1.807) is 0 Å². The van der Waals surface area contributed by atoms with Crippen LogP contribution in [0.1, 0.15) is 52.9 Å². The van der Waals surface area contributed by atoms with E-state index < -0.39 is 5.97 Å². The second-order valence-electron chi connectivity index (χ2n) is 5.37. The van der Waals surface area contributed by atoms with Gasteiger partial charge in [0.2, 0.25) is 0 Å². The zero-order valence-electron chi connectivity index (χ0n) is 10.9. The van der Waals surface area contributed by atoms with E-state index in [0.29, 0.717) is 12.5 Å². The first-order chi connectivity index (χ1) is 7.45. The normalized spacial score (nSPS) is 15.1. The molecule has 16 heavy (non-hydrogen) atoms. The predicted molar refractivity (Wildman–Crippen MR) is 67.3 cm³/mol. The molecule has 0 heterocycles. The molecule has 0 rings (SSSR count). The van der Waals surface area contributed by atoms with Crippen molar-refractivity contribution in [1.82, 2.24) is 0 Å². The molecule has 0 saturated heterocycles. The number of aliphatic carboxylic acids is 1. The minimum atomic E-state index is -0.732. The van der Waals surface area contributed by atoms with Gasteiger partial charge in [-0.2, -0.15) is 0 Å². The first-order valence-corrected chi connectivity index (χ1v) is 6.37. The summed E-state index contributed by atoms with van der Waals surface area (Å²) in [7, 11) is 0. The Kier molecular flexibility index (Phi) is 8.26. The molecule has 96 valence electrons. The van der Waals surface area contributed by atoms with E-state index in [2.05, 4.69) is 20.8 Å². The number of carbonyl (C=O) groups is 1. The van der Waals surface area contributed by atoms with Gasteiger partial charge in [-0.25, -0.2) is 0 Å². The Labute approximate surface area is 99.4 Å². The highest BCUT2D eigenvalue weighted by atomic mass is 16.4. The van der Waals surface area contributed by atoms with Crippen molar-refractivity contribution in [2.24, 2.45) is 23.5 Å². The summed E-state index contributed by atoms with van der Waals surface area (Å²) in [5, 5.41) is 8.72. The molecular formula is C13H27NO2. The van der Waals surface area contributed by atoms with Crippen LogP contribution in [0.4, 0.5) is 0 Å². The third kappa shape index (κ3) is 8.72. The second kappa shape index (κ2) is 8.57. The Morgan fingerprint density at radius 2 is 1.88 bits per heavy atom. The fraction of sp³-hybridized carbons (Fsp3) is 0.923. The van der Waals surface area contributed by atoms with E-state index in [0.717, 1.165) is 12.3 Å². The quantitative estimate of drug-likeness (QED) is 0.639. The molecule has 0 aliphatic rings.